The maximum absolute atomic E-state index is 12.7. The van der Waals surface area contributed by atoms with Crippen molar-refractivity contribution < 1.29 is 13.2 Å². The number of nitrogens with zero attached hydrogens (tertiary/aromatic N) is 1. The monoisotopic (exact) mass is 386 g/mol. The predicted molar refractivity (Wildman–Crippen MR) is 104 cm³/mol. The van der Waals surface area contributed by atoms with Crippen molar-refractivity contribution in [3.63, 3.8) is 0 Å². The van der Waals surface area contributed by atoms with Crippen molar-refractivity contribution in [2.24, 2.45) is 5.92 Å². The lowest BCUT2D eigenvalue weighted by atomic mass is 10.0. The minimum absolute atomic E-state index is 0.110. The van der Waals surface area contributed by atoms with Gasteiger partial charge in [-0.1, -0.05) is 26.0 Å². The van der Waals surface area contributed by atoms with E-state index in [0.717, 1.165) is 11.0 Å². The normalized spacial score (nSPS) is 13.0. The Balaban J connectivity index is 1.83. The van der Waals surface area contributed by atoms with Crippen LogP contribution < -0.4 is 10.0 Å². The SMILES string of the molecule is CNS(=O)(=O)c1ccc(C(=O)NC(c2nc3ccccc3[nH]2)C(C)C)cc1. The molecule has 2 aromatic carbocycles. The summed E-state index contributed by atoms with van der Waals surface area (Å²) in [5, 5.41) is 2.98. The van der Waals surface area contributed by atoms with Crippen molar-refractivity contribution in [1.82, 2.24) is 20.0 Å². The highest BCUT2D eigenvalue weighted by Gasteiger charge is 2.22. The molecule has 1 heterocycles. The molecule has 0 spiro atoms. The van der Waals surface area contributed by atoms with E-state index < -0.39 is 10.0 Å². The zero-order valence-corrected chi connectivity index (χ0v) is 16.2. The fourth-order valence-corrected chi connectivity index (χ4v) is 3.53. The molecular weight excluding hydrogens is 364 g/mol. The first-order valence-corrected chi connectivity index (χ1v) is 10.1. The molecule has 142 valence electrons. The maximum atomic E-state index is 12.7. The Morgan fingerprint density at radius 2 is 1.74 bits per heavy atom. The number of sulfonamides is 1. The van der Waals surface area contributed by atoms with E-state index in [1.807, 2.05) is 38.1 Å². The number of benzene rings is 2. The molecule has 0 radical (unpaired) electrons. The second-order valence-electron chi connectivity index (χ2n) is 6.57. The summed E-state index contributed by atoms with van der Waals surface area (Å²) in [6.45, 7) is 4.00. The Hall–Kier alpha value is -2.71. The van der Waals surface area contributed by atoms with Gasteiger partial charge in [0.1, 0.15) is 5.82 Å². The summed E-state index contributed by atoms with van der Waals surface area (Å²) >= 11 is 0. The summed E-state index contributed by atoms with van der Waals surface area (Å²) in [6.07, 6.45) is 0. The first-order chi connectivity index (χ1) is 12.8. The minimum Gasteiger partial charge on any atom is -0.342 e. The van der Waals surface area contributed by atoms with Crippen molar-refractivity contribution in [1.29, 1.82) is 0 Å². The molecule has 7 nitrogen and oxygen atoms in total. The molecule has 1 unspecified atom stereocenters. The molecule has 0 aliphatic heterocycles. The van der Waals surface area contributed by atoms with Crippen LogP contribution in [0.2, 0.25) is 0 Å². The maximum Gasteiger partial charge on any atom is 0.251 e. The molecule has 0 aliphatic rings. The van der Waals surface area contributed by atoms with Gasteiger partial charge in [0.2, 0.25) is 10.0 Å². The third kappa shape index (κ3) is 4.01. The molecule has 0 saturated carbocycles. The molecule has 27 heavy (non-hydrogen) atoms. The predicted octanol–water partition coefficient (Wildman–Crippen LogP) is 2.60. The highest BCUT2D eigenvalue weighted by atomic mass is 32.2. The molecule has 3 rings (SSSR count). The molecule has 1 aromatic heterocycles. The van der Waals surface area contributed by atoms with Gasteiger partial charge >= 0.3 is 0 Å². The molecular formula is C19H22N4O3S. The lowest BCUT2D eigenvalue weighted by Gasteiger charge is -2.20. The van der Waals surface area contributed by atoms with Crippen molar-refractivity contribution in [3.05, 3.63) is 59.9 Å². The molecule has 1 amide bonds. The van der Waals surface area contributed by atoms with E-state index in [-0.39, 0.29) is 22.8 Å². The Morgan fingerprint density at radius 3 is 2.33 bits per heavy atom. The van der Waals surface area contributed by atoms with Crippen LogP contribution in [0, 0.1) is 5.92 Å². The highest BCUT2D eigenvalue weighted by Crippen LogP contribution is 2.23. The Kier molecular flexibility index (Phi) is 5.29. The van der Waals surface area contributed by atoms with Crippen molar-refractivity contribution in [2.45, 2.75) is 24.8 Å². The van der Waals surface area contributed by atoms with Crippen LogP contribution in [0.4, 0.5) is 0 Å². The summed E-state index contributed by atoms with van der Waals surface area (Å²) in [6, 6.07) is 13.2. The Labute approximate surface area is 158 Å². The number of rotatable bonds is 6. The number of carbonyl (C=O) groups is 1. The average molecular weight is 386 g/mol. The first kappa shape index (κ1) is 19.1. The number of carbonyl (C=O) groups excluding carboxylic acids is 1. The number of para-hydroxylation sites is 2. The molecule has 0 fully saturated rings. The van der Waals surface area contributed by atoms with Gasteiger partial charge in [0.05, 0.1) is 22.0 Å². The molecule has 3 aromatic rings. The van der Waals surface area contributed by atoms with E-state index in [1.165, 1.54) is 31.3 Å². The average Bonchev–Trinajstić information content (AvgIpc) is 3.09. The summed E-state index contributed by atoms with van der Waals surface area (Å²) < 4.78 is 25.8. The van der Waals surface area contributed by atoms with Crippen LogP contribution in [0.3, 0.4) is 0 Å². The van der Waals surface area contributed by atoms with Crippen LogP contribution in [-0.2, 0) is 10.0 Å². The Morgan fingerprint density at radius 1 is 1.07 bits per heavy atom. The summed E-state index contributed by atoms with van der Waals surface area (Å²) in [5.74, 6) is 0.509. The number of amides is 1. The van der Waals surface area contributed by atoms with Crippen LogP contribution >= 0.6 is 0 Å². The van der Waals surface area contributed by atoms with Crippen LogP contribution in [0.15, 0.2) is 53.4 Å². The second-order valence-corrected chi connectivity index (χ2v) is 8.45. The second kappa shape index (κ2) is 7.50. The van der Waals surface area contributed by atoms with E-state index in [1.54, 1.807) is 0 Å². The molecule has 0 saturated heterocycles. The van der Waals surface area contributed by atoms with Crippen molar-refractivity contribution >= 4 is 27.0 Å². The quantitative estimate of drug-likeness (QED) is 0.606. The van der Waals surface area contributed by atoms with Crippen molar-refractivity contribution in [2.75, 3.05) is 7.05 Å². The number of nitrogens with one attached hydrogen (secondary N) is 3. The van der Waals surface area contributed by atoms with Crippen LogP contribution in [-0.4, -0.2) is 31.3 Å². The van der Waals surface area contributed by atoms with E-state index >= 15 is 0 Å². The van der Waals surface area contributed by atoms with Gasteiger partial charge in [0, 0.05) is 5.56 Å². The van der Waals surface area contributed by atoms with Gasteiger partial charge in [0.15, 0.2) is 0 Å². The number of aromatic amines is 1. The Bertz CT molecular complexity index is 1020. The fraction of sp³-hybridized carbons (Fsp3) is 0.263. The zero-order chi connectivity index (χ0) is 19.6. The van der Waals surface area contributed by atoms with E-state index in [0.29, 0.717) is 11.4 Å². The molecule has 8 heteroatoms. The van der Waals surface area contributed by atoms with Gasteiger partial charge in [-0.05, 0) is 49.4 Å². The lowest BCUT2D eigenvalue weighted by Crippen LogP contribution is -2.32. The standard InChI is InChI=1S/C19H22N4O3S/c1-12(2)17(18-21-15-6-4-5-7-16(15)22-18)23-19(24)13-8-10-14(11-9-13)27(25,26)20-3/h4-12,17,20H,1-3H3,(H,21,22)(H,23,24). The van der Waals surface area contributed by atoms with Gasteiger partial charge in [-0.15, -0.1) is 0 Å². The van der Waals surface area contributed by atoms with Crippen LogP contribution in [0.5, 0.6) is 0 Å². The third-order valence-electron chi connectivity index (χ3n) is 4.35. The van der Waals surface area contributed by atoms with Gasteiger partial charge in [-0.3, -0.25) is 4.79 Å². The van der Waals surface area contributed by atoms with E-state index in [4.69, 9.17) is 0 Å². The number of aromatic nitrogens is 2. The van der Waals surface area contributed by atoms with Crippen LogP contribution in [0.25, 0.3) is 11.0 Å². The minimum atomic E-state index is -3.53. The molecule has 0 aliphatic carbocycles. The topological polar surface area (TPSA) is 104 Å². The fourth-order valence-electron chi connectivity index (χ4n) is 2.80. The molecule has 1 atom stereocenters. The largest absolute Gasteiger partial charge is 0.342 e. The van der Waals surface area contributed by atoms with Gasteiger partial charge in [-0.25, -0.2) is 18.1 Å². The number of hydrogen-bond acceptors (Lipinski definition) is 4. The number of hydrogen-bond donors (Lipinski definition) is 3. The summed E-state index contributed by atoms with van der Waals surface area (Å²) in [4.78, 5) is 20.6. The van der Waals surface area contributed by atoms with Gasteiger partial charge in [-0.2, -0.15) is 0 Å². The van der Waals surface area contributed by atoms with Gasteiger partial charge in [0.25, 0.3) is 5.91 Å². The number of fused-ring (bicyclic) bond motifs is 1. The zero-order valence-electron chi connectivity index (χ0n) is 15.4. The molecule has 0 bridgehead atoms. The molecule has 3 N–H and O–H groups in total. The summed E-state index contributed by atoms with van der Waals surface area (Å²) in [5.41, 5.74) is 2.13. The van der Waals surface area contributed by atoms with Crippen molar-refractivity contribution in [3.8, 4) is 0 Å². The smallest absolute Gasteiger partial charge is 0.251 e. The number of imidazole rings is 1. The summed E-state index contributed by atoms with van der Waals surface area (Å²) in [7, 11) is -2.19. The third-order valence-corrected chi connectivity index (χ3v) is 5.78. The highest BCUT2D eigenvalue weighted by molar-refractivity contribution is 7.89. The van der Waals surface area contributed by atoms with E-state index in [2.05, 4.69) is 20.0 Å². The number of H-pyrrole nitrogens is 1. The van der Waals surface area contributed by atoms with Gasteiger partial charge < -0.3 is 10.3 Å². The lowest BCUT2D eigenvalue weighted by molar-refractivity contribution is 0.0923. The van der Waals surface area contributed by atoms with Crippen LogP contribution in [0.1, 0.15) is 36.1 Å². The van der Waals surface area contributed by atoms with E-state index in [9.17, 15) is 13.2 Å². The first-order valence-electron chi connectivity index (χ1n) is 8.61.